The number of amides is 2. The highest BCUT2D eigenvalue weighted by Crippen LogP contribution is 2.12. The van der Waals surface area contributed by atoms with Gasteiger partial charge in [0.15, 0.2) is 0 Å². The van der Waals surface area contributed by atoms with E-state index < -0.39 is 5.91 Å². The van der Waals surface area contributed by atoms with Crippen molar-refractivity contribution in [2.24, 2.45) is 17.4 Å². The standard InChI is InChI=1S/C12H17N3O2/c1-7(8(2)13)12(17)15-10-5-3-4-9(6-10)11(14)16/h3-8H,13H2,1-2H3,(H2,14,16)(H,15,17). The molecule has 5 nitrogen and oxygen atoms in total. The van der Waals surface area contributed by atoms with Crippen LogP contribution < -0.4 is 16.8 Å². The maximum absolute atomic E-state index is 11.7. The zero-order valence-corrected chi connectivity index (χ0v) is 9.94. The molecule has 1 rings (SSSR count). The smallest absolute Gasteiger partial charge is 0.248 e. The summed E-state index contributed by atoms with van der Waals surface area (Å²) in [7, 11) is 0. The summed E-state index contributed by atoms with van der Waals surface area (Å²) in [5.74, 6) is -1.00. The van der Waals surface area contributed by atoms with E-state index in [4.69, 9.17) is 11.5 Å². The Balaban J connectivity index is 2.78. The third kappa shape index (κ3) is 3.57. The van der Waals surface area contributed by atoms with Crippen LogP contribution in [-0.4, -0.2) is 17.9 Å². The maximum Gasteiger partial charge on any atom is 0.248 e. The molecule has 1 aromatic carbocycles. The number of carbonyl (C=O) groups excluding carboxylic acids is 2. The molecular formula is C12H17N3O2. The Labute approximate surface area is 100 Å². The highest BCUT2D eigenvalue weighted by Gasteiger charge is 2.17. The van der Waals surface area contributed by atoms with Crippen LogP contribution in [0.15, 0.2) is 24.3 Å². The highest BCUT2D eigenvalue weighted by molar-refractivity contribution is 5.96. The van der Waals surface area contributed by atoms with E-state index in [0.717, 1.165) is 0 Å². The molecule has 0 radical (unpaired) electrons. The molecule has 0 aliphatic heterocycles. The van der Waals surface area contributed by atoms with E-state index >= 15 is 0 Å². The van der Waals surface area contributed by atoms with E-state index in [1.54, 1.807) is 32.0 Å². The monoisotopic (exact) mass is 235 g/mol. The first-order valence-corrected chi connectivity index (χ1v) is 5.38. The quantitative estimate of drug-likeness (QED) is 0.716. The number of benzene rings is 1. The first-order chi connectivity index (χ1) is 7.91. The number of nitrogens with two attached hydrogens (primary N) is 2. The molecule has 92 valence electrons. The van der Waals surface area contributed by atoms with Gasteiger partial charge in [0, 0.05) is 17.3 Å². The number of carbonyl (C=O) groups is 2. The molecule has 0 bridgehead atoms. The van der Waals surface area contributed by atoms with Gasteiger partial charge in [-0.2, -0.15) is 0 Å². The summed E-state index contributed by atoms with van der Waals surface area (Å²) in [6.45, 7) is 3.52. The van der Waals surface area contributed by atoms with Crippen LogP contribution in [0.2, 0.25) is 0 Å². The Morgan fingerprint density at radius 2 is 1.94 bits per heavy atom. The molecule has 2 atom stereocenters. The van der Waals surface area contributed by atoms with Gasteiger partial charge in [-0.15, -0.1) is 0 Å². The summed E-state index contributed by atoms with van der Waals surface area (Å²) in [4.78, 5) is 22.7. The van der Waals surface area contributed by atoms with E-state index in [9.17, 15) is 9.59 Å². The van der Waals surface area contributed by atoms with Crippen molar-refractivity contribution in [2.75, 3.05) is 5.32 Å². The minimum atomic E-state index is -0.527. The van der Waals surface area contributed by atoms with Crippen LogP contribution in [-0.2, 0) is 4.79 Å². The van der Waals surface area contributed by atoms with E-state index in [-0.39, 0.29) is 17.9 Å². The number of rotatable bonds is 4. The lowest BCUT2D eigenvalue weighted by atomic mass is 10.0. The van der Waals surface area contributed by atoms with Gasteiger partial charge in [-0.1, -0.05) is 13.0 Å². The Hall–Kier alpha value is -1.88. The molecule has 0 saturated carbocycles. The van der Waals surface area contributed by atoms with Crippen LogP contribution >= 0.6 is 0 Å². The fraction of sp³-hybridized carbons (Fsp3) is 0.333. The van der Waals surface area contributed by atoms with Crippen LogP contribution in [0, 0.1) is 5.92 Å². The third-order valence-corrected chi connectivity index (χ3v) is 2.62. The van der Waals surface area contributed by atoms with Gasteiger partial charge in [-0.05, 0) is 25.1 Å². The van der Waals surface area contributed by atoms with Crippen molar-refractivity contribution in [1.82, 2.24) is 0 Å². The molecule has 17 heavy (non-hydrogen) atoms. The van der Waals surface area contributed by atoms with Crippen LogP contribution in [0.1, 0.15) is 24.2 Å². The first kappa shape index (κ1) is 13.2. The molecule has 5 heteroatoms. The van der Waals surface area contributed by atoms with Crippen molar-refractivity contribution in [3.05, 3.63) is 29.8 Å². The van der Waals surface area contributed by atoms with E-state index in [0.29, 0.717) is 11.3 Å². The second-order valence-corrected chi connectivity index (χ2v) is 4.08. The van der Waals surface area contributed by atoms with Crippen molar-refractivity contribution >= 4 is 17.5 Å². The molecule has 0 fully saturated rings. The molecule has 0 aliphatic carbocycles. The van der Waals surface area contributed by atoms with Crippen molar-refractivity contribution in [2.45, 2.75) is 19.9 Å². The predicted octanol–water partition coefficient (Wildman–Crippen LogP) is 0.707. The lowest BCUT2D eigenvalue weighted by Crippen LogP contribution is -2.34. The summed E-state index contributed by atoms with van der Waals surface area (Å²) in [5.41, 5.74) is 11.7. The zero-order chi connectivity index (χ0) is 13.0. The second-order valence-electron chi connectivity index (χ2n) is 4.08. The van der Waals surface area contributed by atoms with E-state index in [1.807, 2.05) is 0 Å². The summed E-state index contributed by atoms with van der Waals surface area (Å²) in [6, 6.07) is 6.25. The normalized spacial score (nSPS) is 13.8. The van der Waals surface area contributed by atoms with Crippen molar-refractivity contribution in [3.8, 4) is 0 Å². The number of hydrogen-bond acceptors (Lipinski definition) is 3. The van der Waals surface area contributed by atoms with Gasteiger partial charge in [-0.25, -0.2) is 0 Å². The Morgan fingerprint density at radius 3 is 2.47 bits per heavy atom. The first-order valence-electron chi connectivity index (χ1n) is 5.38. The second kappa shape index (κ2) is 5.45. The van der Waals surface area contributed by atoms with Gasteiger partial charge in [0.05, 0.1) is 5.92 Å². The SMILES string of the molecule is CC(N)C(C)C(=O)Nc1cccc(C(N)=O)c1. The van der Waals surface area contributed by atoms with Gasteiger partial charge in [0.2, 0.25) is 11.8 Å². The van der Waals surface area contributed by atoms with Gasteiger partial charge in [0.25, 0.3) is 0 Å². The summed E-state index contributed by atoms with van der Waals surface area (Å²) < 4.78 is 0. The van der Waals surface area contributed by atoms with Crippen molar-refractivity contribution < 1.29 is 9.59 Å². The molecule has 0 saturated heterocycles. The highest BCUT2D eigenvalue weighted by atomic mass is 16.2. The largest absolute Gasteiger partial charge is 0.366 e. The molecule has 1 aromatic rings. The van der Waals surface area contributed by atoms with Crippen LogP contribution in [0.3, 0.4) is 0 Å². The van der Waals surface area contributed by atoms with Gasteiger partial charge < -0.3 is 16.8 Å². The van der Waals surface area contributed by atoms with Crippen LogP contribution in [0.25, 0.3) is 0 Å². The molecule has 2 unspecified atom stereocenters. The predicted molar refractivity (Wildman–Crippen MR) is 66.4 cm³/mol. The molecule has 0 aliphatic rings. The molecular weight excluding hydrogens is 218 g/mol. The third-order valence-electron chi connectivity index (χ3n) is 2.62. The van der Waals surface area contributed by atoms with Gasteiger partial charge in [0.1, 0.15) is 0 Å². The average molecular weight is 235 g/mol. The van der Waals surface area contributed by atoms with Crippen molar-refractivity contribution in [3.63, 3.8) is 0 Å². The fourth-order valence-electron chi connectivity index (χ4n) is 1.25. The summed E-state index contributed by atoms with van der Waals surface area (Å²) >= 11 is 0. The van der Waals surface area contributed by atoms with E-state index in [2.05, 4.69) is 5.32 Å². The molecule has 0 heterocycles. The minimum absolute atomic E-state index is 0.179. The lowest BCUT2D eigenvalue weighted by molar-refractivity contribution is -0.119. The van der Waals surface area contributed by atoms with Gasteiger partial charge in [-0.3, -0.25) is 9.59 Å². The maximum atomic E-state index is 11.7. The average Bonchev–Trinajstić information content (AvgIpc) is 2.28. The fourth-order valence-corrected chi connectivity index (χ4v) is 1.25. The topological polar surface area (TPSA) is 98.2 Å². The number of anilines is 1. The number of nitrogens with one attached hydrogen (secondary N) is 1. The van der Waals surface area contributed by atoms with E-state index in [1.165, 1.54) is 6.07 Å². The number of hydrogen-bond donors (Lipinski definition) is 3. The molecule has 2 amide bonds. The minimum Gasteiger partial charge on any atom is -0.366 e. The molecule has 5 N–H and O–H groups in total. The van der Waals surface area contributed by atoms with Crippen LogP contribution in [0.5, 0.6) is 0 Å². The summed E-state index contributed by atoms with van der Waals surface area (Å²) in [5, 5.41) is 2.69. The van der Waals surface area contributed by atoms with Crippen LogP contribution in [0.4, 0.5) is 5.69 Å². The summed E-state index contributed by atoms with van der Waals surface area (Å²) in [6.07, 6.45) is 0. The van der Waals surface area contributed by atoms with Crippen molar-refractivity contribution in [1.29, 1.82) is 0 Å². The lowest BCUT2D eigenvalue weighted by Gasteiger charge is -2.15. The molecule has 0 aromatic heterocycles. The Morgan fingerprint density at radius 1 is 1.29 bits per heavy atom. The Kier molecular flexibility index (Phi) is 4.23. The number of primary amides is 1. The van der Waals surface area contributed by atoms with Gasteiger partial charge >= 0.3 is 0 Å². The Bertz CT molecular complexity index is 430. The zero-order valence-electron chi connectivity index (χ0n) is 9.94. The molecule has 0 spiro atoms.